The number of rotatable bonds is 4. The minimum Gasteiger partial charge on any atom is -0.493 e. The lowest BCUT2D eigenvalue weighted by atomic mass is 9.85. The number of aromatic nitrogens is 1. The average Bonchev–Trinajstić information content (AvgIpc) is 2.80. The van der Waals surface area contributed by atoms with E-state index in [0.717, 1.165) is 56.0 Å². The molecule has 0 spiro atoms. The maximum absolute atomic E-state index is 11.8. The summed E-state index contributed by atoms with van der Waals surface area (Å²) in [6.45, 7) is 7.73. The fourth-order valence-corrected chi connectivity index (χ4v) is 4.60. The SMILES string of the molecule is CC(C)(C)O.Cc1c(CC(=O)O)c(-c2ccc3c4c(ccnc24)CCO3)c2ccccc2c1[NH2+]O. The average molecular weight is 476 g/mol. The summed E-state index contributed by atoms with van der Waals surface area (Å²) in [5.74, 6) is -0.109. The van der Waals surface area contributed by atoms with Gasteiger partial charge in [0.05, 0.1) is 24.1 Å². The Morgan fingerprint density at radius 1 is 1.11 bits per heavy atom. The van der Waals surface area contributed by atoms with Crippen molar-refractivity contribution in [3.8, 4) is 16.9 Å². The van der Waals surface area contributed by atoms with Gasteiger partial charge in [0.1, 0.15) is 5.75 Å². The van der Waals surface area contributed by atoms with Gasteiger partial charge in [0.15, 0.2) is 5.69 Å². The van der Waals surface area contributed by atoms with Gasteiger partial charge in [-0.25, -0.2) is 5.21 Å². The van der Waals surface area contributed by atoms with Crippen molar-refractivity contribution < 1.29 is 30.4 Å². The highest BCUT2D eigenvalue weighted by Gasteiger charge is 2.25. The molecule has 182 valence electrons. The summed E-state index contributed by atoms with van der Waals surface area (Å²) < 4.78 is 5.86. The molecule has 3 aromatic carbocycles. The molecule has 0 bridgehead atoms. The summed E-state index contributed by atoms with van der Waals surface area (Å²) in [4.78, 5) is 16.4. The van der Waals surface area contributed by atoms with Crippen molar-refractivity contribution in [1.82, 2.24) is 4.98 Å². The molecule has 0 saturated heterocycles. The van der Waals surface area contributed by atoms with E-state index in [4.69, 9.17) is 9.84 Å². The number of nitrogens with zero attached hydrogens (tertiary/aromatic N) is 1. The quantitative estimate of drug-likeness (QED) is 0.259. The molecule has 2 heterocycles. The van der Waals surface area contributed by atoms with E-state index in [1.165, 1.54) is 5.56 Å². The van der Waals surface area contributed by atoms with Crippen molar-refractivity contribution in [3.05, 3.63) is 65.4 Å². The number of hydrogen-bond donors (Lipinski definition) is 4. The van der Waals surface area contributed by atoms with Gasteiger partial charge in [0, 0.05) is 34.5 Å². The number of ether oxygens (including phenoxy) is 1. The van der Waals surface area contributed by atoms with E-state index in [9.17, 15) is 15.1 Å². The van der Waals surface area contributed by atoms with Gasteiger partial charge >= 0.3 is 5.97 Å². The molecule has 0 unspecified atom stereocenters. The Morgan fingerprint density at radius 2 is 1.80 bits per heavy atom. The molecule has 5 N–H and O–H groups in total. The predicted molar refractivity (Wildman–Crippen MR) is 135 cm³/mol. The fraction of sp³-hybridized carbons (Fsp3) is 0.286. The van der Waals surface area contributed by atoms with Crippen LogP contribution in [0.5, 0.6) is 5.75 Å². The Morgan fingerprint density at radius 3 is 2.46 bits per heavy atom. The number of hydrogen-bond acceptors (Lipinski definition) is 5. The molecule has 0 atom stereocenters. The van der Waals surface area contributed by atoms with Crippen LogP contribution in [-0.4, -0.2) is 38.6 Å². The molecule has 1 aliphatic heterocycles. The third-order valence-corrected chi connectivity index (χ3v) is 5.94. The summed E-state index contributed by atoms with van der Waals surface area (Å²) in [5, 5.41) is 30.8. The van der Waals surface area contributed by atoms with Gasteiger partial charge in [0.2, 0.25) is 0 Å². The minimum atomic E-state index is -0.919. The zero-order valence-corrected chi connectivity index (χ0v) is 20.4. The van der Waals surface area contributed by atoms with Crippen molar-refractivity contribution in [2.75, 3.05) is 6.61 Å². The second-order valence-corrected chi connectivity index (χ2v) is 9.71. The van der Waals surface area contributed by atoms with Crippen LogP contribution in [0.4, 0.5) is 5.69 Å². The number of fused-ring (bicyclic) bond motifs is 1. The number of quaternary nitrogens is 1. The molecule has 0 radical (unpaired) electrons. The van der Waals surface area contributed by atoms with Crippen LogP contribution in [-0.2, 0) is 17.6 Å². The lowest BCUT2D eigenvalue weighted by Gasteiger charge is -2.22. The Balaban J connectivity index is 0.000000527. The molecule has 7 nitrogen and oxygen atoms in total. The topological polar surface area (TPSA) is 116 Å². The number of carboxylic acid groups (broad SMARTS) is 1. The molecular formula is C28H31N2O5+. The third kappa shape index (κ3) is 4.98. The summed E-state index contributed by atoms with van der Waals surface area (Å²) >= 11 is 0. The molecule has 0 saturated carbocycles. The van der Waals surface area contributed by atoms with Gasteiger partial charge < -0.3 is 14.9 Å². The molecule has 5 rings (SSSR count). The predicted octanol–water partition coefficient (Wildman–Crippen LogP) is 4.29. The molecule has 4 aromatic rings. The number of benzene rings is 3. The first-order valence-electron chi connectivity index (χ1n) is 11.6. The van der Waals surface area contributed by atoms with Crippen molar-refractivity contribution in [3.63, 3.8) is 0 Å². The monoisotopic (exact) mass is 475 g/mol. The zero-order chi connectivity index (χ0) is 25.3. The van der Waals surface area contributed by atoms with E-state index in [-0.39, 0.29) is 6.42 Å². The molecule has 0 aliphatic carbocycles. The first kappa shape index (κ1) is 24.6. The second kappa shape index (κ2) is 9.62. The van der Waals surface area contributed by atoms with E-state index in [0.29, 0.717) is 17.9 Å². The molecular weight excluding hydrogens is 444 g/mol. The van der Waals surface area contributed by atoms with Gasteiger partial charge in [-0.2, -0.15) is 5.48 Å². The van der Waals surface area contributed by atoms with Crippen molar-refractivity contribution in [2.45, 2.75) is 46.1 Å². The first-order valence-corrected chi connectivity index (χ1v) is 11.6. The molecule has 0 fully saturated rings. The highest BCUT2D eigenvalue weighted by Crippen LogP contribution is 2.43. The summed E-state index contributed by atoms with van der Waals surface area (Å²) in [5.41, 5.74) is 6.36. The minimum absolute atomic E-state index is 0.147. The highest BCUT2D eigenvalue weighted by molar-refractivity contribution is 6.11. The normalized spacial score (nSPS) is 12.7. The Kier molecular flexibility index (Phi) is 6.76. The number of carboxylic acids is 1. The van der Waals surface area contributed by atoms with E-state index in [1.54, 1.807) is 27.0 Å². The van der Waals surface area contributed by atoms with Crippen LogP contribution in [0.2, 0.25) is 0 Å². The molecule has 1 aliphatic rings. The van der Waals surface area contributed by atoms with Crippen LogP contribution in [0.15, 0.2) is 48.7 Å². The van der Waals surface area contributed by atoms with Gasteiger partial charge in [-0.1, -0.05) is 18.2 Å². The maximum Gasteiger partial charge on any atom is 0.307 e. The number of aliphatic carboxylic acids is 1. The van der Waals surface area contributed by atoms with Gasteiger partial charge in [-0.05, 0) is 74.0 Å². The number of carbonyl (C=O) groups is 1. The standard InChI is InChI=1S/C24H20N2O4.C4H10O/c1-13-18(12-20(27)28)22(15-4-2-3-5-16(15)23(13)26-29)17-6-7-19-21-14(9-11-30-19)8-10-25-24(17)21;1-4(2,3)5/h2-8,10,26,29H,9,11-12H2,1H3,(H,27,28);5H,1-3H3/p+1. The van der Waals surface area contributed by atoms with Crippen LogP contribution < -0.4 is 10.2 Å². The van der Waals surface area contributed by atoms with E-state index in [1.807, 2.05) is 49.4 Å². The number of aliphatic hydroxyl groups is 1. The Bertz CT molecular complexity index is 1410. The molecule has 7 heteroatoms. The Labute approximate surface area is 204 Å². The number of nitrogens with two attached hydrogens (primary N) is 1. The highest BCUT2D eigenvalue weighted by atomic mass is 16.5. The van der Waals surface area contributed by atoms with Crippen LogP contribution in [0, 0.1) is 6.92 Å². The van der Waals surface area contributed by atoms with Crippen LogP contribution in [0.1, 0.15) is 37.5 Å². The summed E-state index contributed by atoms with van der Waals surface area (Å²) in [7, 11) is 0. The fourth-order valence-electron chi connectivity index (χ4n) is 4.60. The van der Waals surface area contributed by atoms with Crippen LogP contribution in [0.3, 0.4) is 0 Å². The summed E-state index contributed by atoms with van der Waals surface area (Å²) in [6, 6.07) is 13.7. The Hall–Kier alpha value is -3.52. The largest absolute Gasteiger partial charge is 0.493 e. The van der Waals surface area contributed by atoms with Crippen molar-refractivity contribution in [2.24, 2.45) is 0 Å². The van der Waals surface area contributed by atoms with E-state index >= 15 is 0 Å². The molecule has 0 amide bonds. The first-order chi connectivity index (χ1) is 16.6. The third-order valence-electron chi connectivity index (χ3n) is 5.94. The van der Waals surface area contributed by atoms with Gasteiger partial charge in [-0.3, -0.25) is 9.78 Å². The molecule has 1 aromatic heterocycles. The maximum atomic E-state index is 11.8. The number of pyridine rings is 1. The van der Waals surface area contributed by atoms with E-state index < -0.39 is 11.6 Å². The van der Waals surface area contributed by atoms with Crippen LogP contribution in [0.25, 0.3) is 32.8 Å². The summed E-state index contributed by atoms with van der Waals surface area (Å²) in [6.07, 6.45) is 2.47. The lowest BCUT2D eigenvalue weighted by Crippen LogP contribution is -2.74. The lowest BCUT2D eigenvalue weighted by molar-refractivity contribution is -0.825. The van der Waals surface area contributed by atoms with Gasteiger partial charge in [0.25, 0.3) is 0 Å². The molecule has 35 heavy (non-hydrogen) atoms. The van der Waals surface area contributed by atoms with Crippen molar-refractivity contribution >= 4 is 33.3 Å². The van der Waals surface area contributed by atoms with Crippen LogP contribution >= 0.6 is 0 Å². The van der Waals surface area contributed by atoms with Gasteiger partial charge in [-0.15, -0.1) is 0 Å². The smallest absolute Gasteiger partial charge is 0.307 e. The zero-order valence-electron chi connectivity index (χ0n) is 20.4. The van der Waals surface area contributed by atoms with E-state index in [2.05, 4.69) is 4.98 Å². The second-order valence-electron chi connectivity index (χ2n) is 9.71. The van der Waals surface area contributed by atoms with Crippen molar-refractivity contribution in [1.29, 1.82) is 0 Å².